The molecule has 0 atom stereocenters. The molecular weight excluding hydrogens is 220 g/mol. The van der Waals surface area contributed by atoms with Crippen LogP contribution in [0.1, 0.15) is 56.6 Å². The molecule has 1 aromatic carbocycles. The van der Waals surface area contributed by atoms with Gasteiger partial charge in [-0.25, -0.2) is 0 Å². The third-order valence-corrected chi connectivity index (χ3v) is 4.01. The molecule has 1 nitrogen and oxygen atoms in total. The van der Waals surface area contributed by atoms with E-state index in [0.29, 0.717) is 5.92 Å². The van der Waals surface area contributed by atoms with Crippen LogP contribution in [0.3, 0.4) is 0 Å². The van der Waals surface area contributed by atoms with Crippen molar-refractivity contribution in [3.63, 3.8) is 0 Å². The first kappa shape index (κ1) is 11.9. The van der Waals surface area contributed by atoms with Crippen LogP contribution in [0.4, 0.5) is 0 Å². The highest BCUT2D eigenvalue weighted by molar-refractivity contribution is 6.31. The molecule has 0 amide bonds. The molecule has 0 aliphatic heterocycles. The Kier molecular flexibility index (Phi) is 3.27. The molecule has 16 heavy (non-hydrogen) atoms. The van der Waals surface area contributed by atoms with E-state index in [1.807, 2.05) is 12.1 Å². The summed E-state index contributed by atoms with van der Waals surface area (Å²) in [6, 6.07) is 6.07. The molecule has 0 radical (unpaired) electrons. The number of rotatable bonds is 4. The molecule has 1 N–H and O–H groups in total. The average molecular weight is 239 g/mol. The average Bonchev–Trinajstić information content (AvgIpc) is 3.02. The van der Waals surface area contributed by atoms with Crippen molar-refractivity contribution in [2.75, 3.05) is 0 Å². The first-order valence-electron chi connectivity index (χ1n) is 6.13. The zero-order valence-corrected chi connectivity index (χ0v) is 10.7. The van der Waals surface area contributed by atoms with Gasteiger partial charge in [-0.1, -0.05) is 37.6 Å². The molecule has 0 heterocycles. The lowest BCUT2D eigenvalue weighted by Gasteiger charge is -2.17. The number of hydrogen-bond acceptors (Lipinski definition) is 1. The van der Waals surface area contributed by atoms with Crippen LogP contribution < -0.4 is 0 Å². The van der Waals surface area contributed by atoms with Crippen LogP contribution >= 0.6 is 11.6 Å². The molecule has 1 saturated carbocycles. The van der Waals surface area contributed by atoms with Gasteiger partial charge < -0.3 is 5.11 Å². The lowest BCUT2D eigenvalue weighted by atomic mass is 9.92. The molecule has 2 heteroatoms. The van der Waals surface area contributed by atoms with E-state index in [1.54, 1.807) is 0 Å². The third kappa shape index (κ3) is 2.11. The van der Waals surface area contributed by atoms with E-state index in [-0.39, 0.29) is 0 Å². The summed E-state index contributed by atoms with van der Waals surface area (Å²) in [6.45, 7) is 4.37. The van der Waals surface area contributed by atoms with Crippen molar-refractivity contribution < 1.29 is 5.11 Å². The molecule has 1 fully saturated rings. The second-order valence-electron chi connectivity index (χ2n) is 4.78. The molecule has 1 aliphatic rings. The maximum Gasteiger partial charge on any atom is 0.0899 e. The van der Waals surface area contributed by atoms with Gasteiger partial charge in [0.25, 0.3) is 0 Å². The van der Waals surface area contributed by atoms with Crippen LogP contribution in [0.5, 0.6) is 0 Å². The quantitative estimate of drug-likeness (QED) is 0.833. The fraction of sp³-hybridized carbons (Fsp3) is 0.571. The van der Waals surface area contributed by atoms with Gasteiger partial charge in [-0.2, -0.15) is 0 Å². The van der Waals surface area contributed by atoms with Crippen LogP contribution in [0.25, 0.3) is 0 Å². The summed E-state index contributed by atoms with van der Waals surface area (Å²) in [5, 5.41) is 10.8. The Labute approximate surface area is 102 Å². The van der Waals surface area contributed by atoms with Crippen molar-refractivity contribution >= 4 is 11.6 Å². The lowest BCUT2D eigenvalue weighted by Crippen LogP contribution is -2.05. The van der Waals surface area contributed by atoms with Gasteiger partial charge in [-0.15, -0.1) is 0 Å². The molecule has 88 valence electrons. The van der Waals surface area contributed by atoms with E-state index in [1.165, 1.54) is 5.56 Å². The van der Waals surface area contributed by atoms with E-state index in [9.17, 15) is 5.11 Å². The summed E-state index contributed by atoms with van der Waals surface area (Å²) in [5.74, 6) is 0.537. The summed E-state index contributed by atoms with van der Waals surface area (Å²) in [4.78, 5) is 0. The molecule has 2 rings (SSSR count). The Bertz CT molecular complexity index is 378. The minimum Gasteiger partial charge on any atom is -0.385 e. The monoisotopic (exact) mass is 238 g/mol. The number of hydrogen-bond donors (Lipinski definition) is 1. The fourth-order valence-corrected chi connectivity index (χ4v) is 2.62. The van der Waals surface area contributed by atoms with E-state index < -0.39 is 5.60 Å². The van der Waals surface area contributed by atoms with Gasteiger partial charge in [0.05, 0.1) is 5.60 Å². The van der Waals surface area contributed by atoms with Crippen LogP contribution in [-0.4, -0.2) is 5.11 Å². The van der Waals surface area contributed by atoms with Gasteiger partial charge in [0.15, 0.2) is 0 Å². The summed E-state index contributed by atoms with van der Waals surface area (Å²) in [6.07, 6.45) is 3.96. The highest BCUT2D eigenvalue weighted by Crippen LogP contribution is 2.46. The third-order valence-electron chi connectivity index (χ3n) is 3.69. The minimum atomic E-state index is -0.573. The summed E-state index contributed by atoms with van der Waals surface area (Å²) in [7, 11) is 0. The molecule has 0 saturated heterocycles. The van der Waals surface area contributed by atoms with E-state index in [2.05, 4.69) is 19.9 Å². The summed E-state index contributed by atoms with van der Waals surface area (Å²) < 4.78 is 0. The van der Waals surface area contributed by atoms with Crippen LogP contribution in [-0.2, 0) is 5.60 Å². The Balaban J connectivity index is 2.29. The standard InChI is InChI=1S/C14H19ClO/c1-3-10(4-2)12-6-5-11(9-13(12)15)14(16)7-8-14/h5-6,9-10,16H,3-4,7-8H2,1-2H3. The van der Waals surface area contributed by atoms with Gasteiger partial charge in [-0.3, -0.25) is 0 Å². The van der Waals surface area contributed by atoms with E-state index in [0.717, 1.165) is 36.3 Å². The van der Waals surface area contributed by atoms with Gasteiger partial charge >= 0.3 is 0 Å². The first-order valence-corrected chi connectivity index (χ1v) is 6.51. The van der Waals surface area contributed by atoms with Crippen LogP contribution in [0, 0.1) is 0 Å². The van der Waals surface area contributed by atoms with Crippen molar-refractivity contribution in [2.24, 2.45) is 0 Å². The SMILES string of the molecule is CCC(CC)c1ccc(C2(O)CC2)cc1Cl. The Morgan fingerprint density at radius 3 is 2.38 bits per heavy atom. The van der Waals surface area contributed by atoms with Gasteiger partial charge in [0, 0.05) is 5.02 Å². The van der Waals surface area contributed by atoms with Crippen LogP contribution in [0.2, 0.25) is 5.02 Å². The first-order chi connectivity index (χ1) is 7.60. The largest absolute Gasteiger partial charge is 0.385 e. The highest BCUT2D eigenvalue weighted by Gasteiger charge is 2.42. The molecule has 1 aliphatic carbocycles. The van der Waals surface area contributed by atoms with Gasteiger partial charge in [0.1, 0.15) is 0 Å². The topological polar surface area (TPSA) is 20.2 Å². The van der Waals surface area contributed by atoms with Crippen LogP contribution in [0.15, 0.2) is 18.2 Å². The summed E-state index contributed by atoms with van der Waals surface area (Å²) in [5.41, 5.74) is 1.63. The molecule has 1 aromatic rings. The minimum absolute atomic E-state index is 0.537. The van der Waals surface area contributed by atoms with Gasteiger partial charge in [0.2, 0.25) is 0 Å². The Hall–Kier alpha value is -0.530. The predicted octanol–water partition coefficient (Wildman–Crippen LogP) is 4.23. The lowest BCUT2D eigenvalue weighted by molar-refractivity contribution is 0.151. The van der Waals surface area contributed by atoms with Crippen molar-refractivity contribution in [3.05, 3.63) is 34.3 Å². The maximum absolute atomic E-state index is 10.0. The highest BCUT2D eigenvalue weighted by atomic mass is 35.5. The Morgan fingerprint density at radius 1 is 1.31 bits per heavy atom. The normalized spacial score (nSPS) is 17.8. The molecule has 0 spiro atoms. The van der Waals surface area contributed by atoms with Crippen molar-refractivity contribution in [3.8, 4) is 0 Å². The molecule has 0 unspecified atom stereocenters. The zero-order chi connectivity index (χ0) is 11.8. The van der Waals surface area contributed by atoms with E-state index in [4.69, 9.17) is 11.6 Å². The number of aliphatic hydroxyl groups is 1. The zero-order valence-electron chi connectivity index (χ0n) is 9.96. The second-order valence-corrected chi connectivity index (χ2v) is 5.19. The van der Waals surface area contributed by atoms with Gasteiger partial charge in [-0.05, 0) is 48.8 Å². The van der Waals surface area contributed by atoms with Crippen molar-refractivity contribution in [1.29, 1.82) is 0 Å². The number of halogens is 1. The molecule has 0 bridgehead atoms. The summed E-state index contributed by atoms with van der Waals surface area (Å²) >= 11 is 6.30. The Morgan fingerprint density at radius 2 is 1.94 bits per heavy atom. The second kappa shape index (κ2) is 4.38. The maximum atomic E-state index is 10.0. The number of benzene rings is 1. The predicted molar refractivity (Wildman–Crippen MR) is 67.9 cm³/mol. The molecular formula is C14H19ClO. The van der Waals surface area contributed by atoms with Crippen molar-refractivity contribution in [2.45, 2.75) is 51.0 Å². The van der Waals surface area contributed by atoms with E-state index >= 15 is 0 Å². The molecule has 0 aromatic heterocycles. The fourth-order valence-electron chi connectivity index (χ4n) is 2.28. The smallest absolute Gasteiger partial charge is 0.0899 e. The van der Waals surface area contributed by atoms with Crippen molar-refractivity contribution in [1.82, 2.24) is 0 Å².